The lowest BCUT2D eigenvalue weighted by Gasteiger charge is -2.49. The van der Waals surface area contributed by atoms with Crippen LogP contribution in [0.15, 0.2) is 45.6 Å². The highest BCUT2D eigenvalue weighted by molar-refractivity contribution is 8.01. The van der Waals surface area contributed by atoms with Gasteiger partial charge in [0.05, 0.1) is 16.7 Å². The molecule has 2 aliphatic heterocycles. The molecule has 0 bridgehead atoms. The summed E-state index contributed by atoms with van der Waals surface area (Å²) in [5.74, 6) is -2.76. The molecule has 1 saturated heterocycles. The molecule has 3 aromatic rings. The first-order valence-corrected chi connectivity index (χ1v) is 13.9. The van der Waals surface area contributed by atoms with E-state index >= 15 is 0 Å². The van der Waals surface area contributed by atoms with Crippen molar-refractivity contribution < 1.29 is 23.9 Å². The second-order valence-electron chi connectivity index (χ2n) is 9.01. The number of H-pyrrole nitrogens is 1. The van der Waals surface area contributed by atoms with Crippen LogP contribution in [0.2, 0.25) is 5.02 Å². The van der Waals surface area contributed by atoms with Gasteiger partial charge in [-0.25, -0.2) is 9.18 Å². The maximum absolute atomic E-state index is 14.2. The third-order valence-electron chi connectivity index (χ3n) is 6.58. The number of carbonyl (C=O) groups excluding carboxylic acids is 2. The number of aromatic amines is 1. The van der Waals surface area contributed by atoms with Crippen LogP contribution >= 0.6 is 35.1 Å². The SMILES string of the molecule is O=C(O)C1=C(CSc2cn[nH]n2)CS[C@H]2C(NC(=O)c3cn(C4CC4)c4cc(Cl)c(F)cc4c3=O)C(=O)N12. The van der Waals surface area contributed by atoms with Crippen molar-refractivity contribution in [2.24, 2.45) is 0 Å². The third-order valence-corrected chi connectivity index (χ3v) is 9.20. The van der Waals surface area contributed by atoms with Crippen molar-refractivity contribution in [3.8, 4) is 0 Å². The van der Waals surface area contributed by atoms with Crippen LogP contribution in [0, 0.1) is 5.82 Å². The third kappa shape index (κ3) is 4.16. The Morgan fingerprint density at radius 3 is 2.79 bits per heavy atom. The number of aliphatic carboxylic acids is 1. The monoisotopic (exact) mass is 576 g/mol. The van der Waals surface area contributed by atoms with Crippen LogP contribution in [-0.4, -0.2) is 70.7 Å². The Hall–Kier alpha value is -3.36. The zero-order valence-corrected chi connectivity index (χ0v) is 21.7. The molecule has 3 aliphatic rings. The normalized spacial score (nSPS) is 20.9. The summed E-state index contributed by atoms with van der Waals surface area (Å²) in [6.45, 7) is 0. The maximum Gasteiger partial charge on any atom is 0.352 e. The van der Waals surface area contributed by atoms with Gasteiger partial charge in [-0.05, 0) is 30.5 Å². The number of rotatable bonds is 7. The van der Waals surface area contributed by atoms with Gasteiger partial charge in [0, 0.05) is 29.1 Å². The van der Waals surface area contributed by atoms with Crippen LogP contribution < -0.4 is 10.7 Å². The van der Waals surface area contributed by atoms with Gasteiger partial charge in [-0.1, -0.05) is 23.4 Å². The minimum Gasteiger partial charge on any atom is -0.477 e. The number of hydrogen-bond acceptors (Lipinski definition) is 8. The Bertz CT molecular complexity index is 1610. The Balaban J connectivity index is 1.26. The predicted molar refractivity (Wildman–Crippen MR) is 138 cm³/mol. The predicted octanol–water partition coefficient (Wildman–Crippen LogP) is 2.39. The van der Waals surface area contributed by atoms with Crippen molar-refractivity contribution in [1.29, 1.82) is 0 Å². The number of nitrogens with one attached hydrogen (secondary N) is 2. The van der Waals surface area contributed by atoms with Gasteiger partial charge < -0.3 is 15.0 Å². The van der Waals surface area contributed by atoms with Gasteiger partial charge in [-0.15, -0.1) is 16.9 Å². The lowest BCUT2D eigenvalue weighted by molar-refractivity contribution is -0.148. The van der Waals surface area contributed by atoms with Crippen LogP contribution in [0.1, 0.15) is 29.2 Å². The number of hydrogen-bond donors (Lipinski definition) is 3. The van der Waals surface area contributed by atoms with E-state index in [2.05, 4.69) is 20.7 Å². The van der Waals surface area contributed by atoms with E-state index < -0.39 is 40.4 Å². The molecule has 1 aromatic carbocycles. The van der Waals surface area contributed by atoms with E-state index in [9.17, 15) is 28.7 Å². The zero-order valence-electron chi connectivity index (χ0n) is 19.3. The largest absolute Gasteiger partial charge is 0.477 e. The van der Waals surface area contributed by atoms with Crippen molar-refractivity contribution in [1.82, 2.24) is 30.2 Å². The first-order valence-electron chi connectivity index (χ1n) is 11.5. The quantitative estimate of drug-likeness (QED) is 0.284. The molecule has 3 N–H and O–H groups in total. The molecule has 2 atom stereocenters. The molecule has 0 radical (unpaired) electrons. The van der Waals surface area contributed by atoms with Crippen LogP contribution in [0.3, 0.4) is 0 Å². The van der Waals surface area contributed by atoms with E-state index in [4.69, 9.17) is 11.6 Å². The molecule has 11 nitrogen and oxygen atoms in total. The fourth-order valence-electron chi connectivity index (χ4n) is 4.60. The van der Waals surface area contributed by atoms with Gasteiger partial charge in [0.1, 0.15) is 33.5 Å². The molecule has 4 heterocycles. The number of benzene rings is 1. The van der Waals surface area contributed by atoms with E-state index in [1.807, 2.05) is 0 Å². The number of halogens is 2. The number of carboxylic acids is 1. The van der Waals surface area contributed by atoms with Crippen molar-refractivity contribution in [3.05, 3.63) is 62.4 Å². The Morgan fingerprint density at radius 2 is 2.11 bits per heavy atom. The summed E-state index contributed by atoms with van der Waals surface area (Å²) >= 11 is 8.54. The average molecular weight is 577 g/mol. The highest BCUT2D eigenvalue weighted by Crippen LogP contribution is 2.42. The number of carboxylic acid groups (broad SMARTS) is 1. The molecule has 1 saturated carbocycles. The number of nitrogens with zero attached hydrogens (tertiary/aromatic N) is 4. The number of thioether (sulfide) groups is 2. The topological polar surface area (TPSA) is 150 Å². The maximum atomic E-state index is 14.2. The molecule has 2 aromatic heterocycles. The van der Waals surface area contributed by atoms with Gasteiger partial charge in [-0.3, -0.25) is 19.3 Å². The van der Waals surface area contributed by atoms with Crippen LogP contribution in [0.25, 0.3) is 10.9 Å². The number of aromatic nitrogens is 4. The highest BCUT2D eigenvalue weighted by Gasteiger charge is 2.54. The summed E-state index contributed by atoms with van der Waals surface area (Å²) in [5.41, 5.74) is -0.0386. The van der Waals surface area contributed by atoms with Crippen LogP contribution in [0.5, 0.6) is 0 Å². The number of amides is 2. The number of fused-ring (bicyclic) bond motifs is 2. The van der Waals surface area contributed by atoms with Gasteiger partial charge in [-0.2, -0.15) is 10.3 Å². The van der Waals surface area contributed by atoms with E-state index in [1.165, 1.54) is 46.9 Å². The summed E-state index contributed by atoms with van der Waals surface area (Å²) in [6, 6.07) is 1.43. The number of β-lactam (4-membered cyclic amide) rings is 1. The lowest BCUT2D eigenvalue weighted by Crippen LogP contribution is -2.70. The fraction of sp³-hybridized carbons (Fsp3) is 0.304. The highest BCUT2D eigenvalue weighted by atomic mass is 35.5. The smallest absolute Gasteiger partial charge is 0.352 e. The number of carbonyl (C=O) groups is 3. The fourth-order valence-corrected chi connectivity index (χ4v) is 7.02. The Labute approximate surface area is 226 Å². The van der Waals surface area contributed by atoms with Crippen molar-refractivity contribution in [3.63, 3.8) is 0 Å². The molecule has 1 aliphatic carbocycles. The molecule has 2 amide bonds. The van der Waals surface area contributed by atoms with E-state index in [0.29, 0.717) is 27.6 Å². The molecule has 15 heteroatoms. The van der Waals surface area contributed by atoms with Crippen molar-refractivity contribution >= 4 is 63.8 Å². The molecule has 1 unspecified atom stereocenters. The Kier molecular flexibility index (Phi) is 6.19. The van der Waals surface area contributed by atoms with Gasteiger partial charge >= 0.3 is 5.97 Å². The number of pyridine rings is 1. The first-order chi connectivity index (χ1) is 18.2. The second-order valence-corrected chi connectivity index (χ2v) is 11.5. The Morgan fingerprint density at radius 1 is 1.32 bits per heavy atom. The molecule has 38 heavy (non-hydrogen) atoms. The minimum atomic E-state index is -1.24. The van der Waals surface area contributed by atoms with Crippen LogP contribution in [-0.2, 0) is 9.59 Å². The average Bonchev–Trinajstić information content (AvgIpc) is 3.60. The standard InChI is InChI=1S/C23H18ClFN6O5S2/c24-13-4-15-11(3-14(13)25)19(32)12(6-30(15)10-1-2-10)20(33)27-17-21(34)31-18(23(35)36)9(8-38-22(17)31)7-37-16-5-26-29-28-16/h3-6,10,17,22H,1-2,7-8H2,(H,27,33)(H,35,36)(H,26,28,29)/t17?,22-/m0/s1. The van der Waals surface area contributed by atoms with E-state index in [0.717, 1.165) is 18.9 Å². The van der Waals surface area contributed by atoms with Gasteiger partial charge in [0.2, 0.25) is 5.43 Å². The first kappa shape index (κ1) is 24.9. The van der Waals surface area contributed by atoms with Gasteiger partial charge in [0.25, 0.3) is 11.8 Å². The van der Waals surface area contributed by atoms with Gasteiger partial charge in [0.15, 0.2) is 0 Å². The van der Waals surface area contributed by atoms with Crippen molar-refractivity contribution in [2.75, 3.05) is 11.5 Å². The molecule has 2 fully saturated rings. The molecular formula is C23H18ClFN6O5S2. The summed E-state index contributed by atoms with van der Waals surface area (Å²) in [4.78, 5) is 52.6. The van der Waals surface area contributed by atoms with E-state index in [-0.39, 0.29) is 27.7 Å². The molecule has 6 rings (SSSR count). The molecular weight excluding hydrogens is 559 g/mol. The van der Waals surface area contributed by atoms with E-state index in [1.54, 1.807) is 4.57 Å². The lowest BCUT2D eigenvalue weighted by atomic mass is 10.0. The zero-order chi connectivity index (χ0) is 26.7. The molecule has 0 spiro atoms. The van der Waals surface area contributed by atoms with Crippen LogP contribution in [0.4, 0.5) is 4.39 Å². The summed E-state index contributed by atoms with van der Waals surface area (Å²) in [6.07, 6.45) is 4.61. The molecule has 196 valence electrons. The van der Waals surface area contributed by atoms with Crippen molar-refractivity contribution in [2.45, 2.75) is 35.3 Å². The second kappa shape index (κ2) is 9.43. The summed E-state index contributed by atoms with van der Waals surface area (Å²) < 4.78 is 15.9. The minimum absolute atomic E-state index is 0.0189. The summed E-state index contributed by atoms with van der Waals surface area (Å²) in [5, 5.41) is 22.4. The summed E-state index contributed by atoms with van der Waals surface area (Å²) in [7, 11) is 0.